The van der Waals surface area contributed by atoms with Crippen molar-refractivity contribution in [2.75, 3.05) is 25.2 Å². The van der Waals surface area contributed by atoms with Crippen molar-refractivity contribution < 1.29 is 14.6 Å². The molecule has 2 aromatic carbocycles. The summed E-state index contributed by atoms with van der Waals surface area (Å²) in [5.41, 5.74) is 8.85. The summed E-state index contributed by atoms with van der Waals surface area (Å²) < 4.78 is 10.7. The molecule has 0 saturated carbocycles. The number of hydrogen-bond acceptors (Lipinski definition) is 7. The summed E-state index contributed by atoms with van der Waals surface area (Å²) in [6, 6.07) is 14.7. The number of benzene rings is 2. The third kappa shape index (κ3) is 5.78. The summed E-state index contributed by atoms with van der Waals surface area (Å²) in [6.45, 7) is 2.19. The van der Waals surface area contributed by atoms with Gasteiger partial charge in [0, 0.05) is 16.3 Å². The van der Waals surface area contributed by atoms with Gasteiger partial charge in [-0.2, -0.15) is 0 Å². The van der Waals surface area contributed by atoms with Crippen molar-refractivity contribution in [1.29, 1.82) is 0 Å². The van der Waals surface area contributed by atoms with Gasteiger partial charge >= 0.3 is 0 Å². The van der Waals surface area contributed by atoms with E-state index in [4.69, 9.17) is 26.8 Å². The molecule has 0 bridgehead atoms. The van der Waals surface area contributed by atoms with Crippen LogP contribution in [0.25, 0.3) is 11.1 Å². The molecule has 1 heterocycles. The fourth-order valence-electron chi connectivity index (χ4n) is 2.84. The van der Waals surface area contributed by atoms with Crippen molar-refractivity contribution in [1.82, 2.24) is 9.97 Å². The van der Waals surface area contributed by atoms with Crippen molar-refractivity contribution in [2.45, 2.75) is 24.6 Å². The molecule has 0 saturated heterocycles. The third-order valence-corrected chi connectivity index (χ3v) is 5.61. The fourth-order valence-corrected chi connectivity index (χ4v) is 3.74. The lowest BCUT2D eigenvalue weighted by atomic mass is 10.0. The number of rotatable bonds is 9. The normalized spacial score (nSPS) is 11.9. The van der Waals surface area contributed by atoms with Gasteiger partial charge in [-0.3, -0.25) is 0 Å². The van der Waals surface area contributed by atoms with Gasteiger partial charge in [0.2, 0.25) is 0 Å². The Labute approximate surface area is 185 Å². The Hall–Kier alpha value is -2.48. The van der Waals surface area contributed by atoms with Gasteiger partial charge in [-0.25, -0.2) is 9.97 Å². The number of ether oxygens (including phenoxy) is 2. The summed E-state index contributed by atoms with van der Waals surface area (Å²) in [6.07, 6.45) is 0.0319. The molecule has 0 radical (unpaired) electrons. The minimum Gasteiger partial charge on any atom is -0.497 e. The van der Waals surface area contributed by atoms with Crippen molar-refractivity contribution in [3.63, 3.8) is 0 Å². The molecule has 0 aliphatic carbocycles. The first kappa shape index (κ1) is 22.2. The molecule has 0 aliphatic rings. The Bertz CT molecular complexity index is 969. The van der Waals surface area contributed by atoms with E-state index in [-0.39, 0.29) is 6.61 Å². The molecule has 0 spiro atoms. The van der Waals surface area contributed by atoms with Crippen LogP contribution in [0.15, 0.2) is 53.7 Å². The van der Waals surface area contributed by atoms with Crippen molar-refractivity contribution >= 4 is 29.2 Å². The highest BCUT2D eigenvalue weighted by atomic mass is 35.5. The average molecular weight is 446 g/mol. The number of thioether (sulfide) groups is 1. The van der Waals surface area contributed by atoms with E-state index in [0.717, 1.165) is 22.6 Å². The second-order valence-electron chi connectivity index (χ2n) is 6.52. The van der Waals surface area contributed by atoms with Crippen LogP contribution in [0, 0.1) is 0 Å². The molecule has 1 atom stereocenters. The number of aliphatic hydroxyl groups excluding tert-OH is 1. The SMILES string of the molecule is CCc1nc(SCC(O)COc2ccc(OC)cc2)nc(N)c1-c1ccc(Cl)cc1. The molecule has 3 aromatic rings. The van der Waals surface area contributed by atoms with Crippen LogP contribution in [0.1, 0.15) is 12.6 Å². The Morgan fingerprint density at radius 1 is 1.07 bits per heavy atom. The molecular weight excluding hydrogens is 422 g/mol. The third-order valence-electron chi connectivity index (χ3n) is 4.37. The monoisotopic (exact) mass is 445 g/mol. The van der Waals surface area contributed by atoms with E-state index in [2.05, 4.69) is 9.97 Å². The van der Waals surface area contributed by atoms with E-state index in [0.29, 0.717) is 33.9 Å². The summed E-state index contributed by atoms with van der Waals surface area (Å²) in [5.74, 6) is 2.22. The quantitative estimate of drug-likeness (QED) is 0.370. The lowest BCUT2D eigenvalue weighted by Gasteiger charge is -2.14. The molecule has 158 valence electrons. The van der Waals surface area contributed by atoms with Crippen LogP contribution in [0.5, 0.6) is 11.5 Å². The van der Waals surface area contributed by atoms with Gasteiger partial charge in [0.05, 0.1) is 18.9 Å². The number of aromatic nitrogens is 2. The number of anilines is 1. The molecule has 6 nitrogen and oxygen atoms in total. The molecule has 1 aromatic heterocycles. The standard InChI is InChI=1S/C22H24ClN3O3S/c1-3-19-20(14-4-6-15(23)7-5-14)21(24)26-22(25-19)30-13-16(27)12-29-18-10-8-17(28-2)9-11-18/h4-11,16,27H,3,12-13H2,1-2H3,(H2,24,25,26). The van der Waals surface area contributed by atoms with E-state index < -0.39 is 6.10 Å². The van der Waals surface area contributed by atoms with Gasteiger partial charge in [-0.15, -0.1) is 0 Å². The molecule has 3 N–H and O–H groups in total. The van der Waals surface area contributed by atoms with E-state index in [1.54, 1.807) is 19.2 Å². The Morgan fingerprint density at radius 2 is 1.73 bits per heavy atom. The van der Waals surface area contributed by atoms with Crippen LogP contribution in [0.2, 0.25) is 5.02 Å². The van der Waals surface area contributed by atoms with Crippen LogP contribution < -0.4 is 15.2 Å². The molecule has 0 fully saturated rings. The van der Waals surface area contributed by atoms with E-state index in [9.17, 15) is 5.11 Å². The van der Waals surface area contributed by atoms with Crippen molar-refractivity contribution in [2.24, 2.45) is 0 Å². The topological polar surface area (TPSA) is 90.5 Å². The maximum Gasteiger partial charge on any atom is 0.189 e. The number of nitrogen functional groups attached to an aromatic ring is 1. The van der Waals surface area contributed by atoms with Gasteiger partial charge in [0.15, 0.2) is 5.16 Å². The van der Waals surface area contributed by atoms with Crippen LogP contribution in [0.3, 0.4) is 0 Å². The minimum absolute atomic E-state index is 0.165. The molecular formula is C22H24ClN3O3S. The largest absolute Gasteiger partial charge is 0.497 e. The maximum atomic E-state index is 10.3. The molecule has 3 rings (SSSR count). The lowest BCUT2D eigenvalue weighted by molar-refractivity contribution is 0.126. The summed E-state index contributed by atoms with van der Waals surface area (Å²) in [7, 11) is 1.61. The lowest BCUT2D eigenvalue weighted by Crippen LogP contribution is -2.20. The second kappa shape index (κ2) is 10.5. The first-order valence-corrected chi connectivity index (χ1v) is 10.9. The number of nitrogens with zero attached hydrogens (tertiary/aromatic N) is 2. The smallest absolute Gasteiger partial charge is 0.189 e. The molecule has 0 aliphatic heterocycles. The summed E-state index contributed by atoms with van der Waals surface area (Å²) in [4.78, 5) is 9.05. The van der Waals surface area contributed by atoms with E-state index >= 15 is 0 Å². The molecule has 8 heteroatoms. The number of halogens is 1. The average Bonchev–Trinajstić information content (AvgIpc) is 2.77. The number of aliphatic hydroxyl groups is 1. The number of nitrogens with two attached hydrogens (primary N) is 1. The maximum absolute atomic E-state index is 10.3. The zero-order valence-electron chi connectivity index (χ0n) is 16.8. The van der Waals surface area contributed by atoms with Crippen LogP contribution in [0.4, 0.5) is 5.82 Å². The minimum atomic E-state index is -0.678. The predicted octanol–water partition coefficient (Wildman–Crippen LogP) is 4.48. The van der Waals surface area contributed by atoms with Crippen LogP contribution in [-0.4, -0.2) is 40.6 Å². The van der Waals surface area contributed by atoms with Gasteiger partial charge in [-0.05, 0) is 48.4 Å². The van der Waals surface area contributed by atoms with Crippen molar-refractivity contribution in [3.8, 4) is 22.6 Å². The van der Waals surface area contributed by atoms with E-state index in [1.807, 2.05) is 43.3 Å². The van der Waals surface area contributed by atoms with Crippen LogP contribution >= 0.6 is 23.4 Å². The highest BCUT2D eigenvalue weighted by molar-refractivity contribution is 7.99. The van der Waals surface area contributed by atoms with Crippen LogP contribution in [-0.2, 0) is 6.42 Å². The second-order valence-corrected chi connectivity index (χ2v) is 7.95. The zero-order chi connectivity index (χ0) is 21.5. The predicted molar refractivity (Wildman–Crippen MR) is 121 cm³/mol. The highest BCUT2D eigenvalue weighted by Crippen LogP contribution is 2.31. The summed E-state index contributed by atoms with van der Waals surface area (Å²) in [5, 5.41) is 11.5. The Balaban J connectivity index is 1.62. The zero-order valence-corrected chi connectivity index (χ0v) is 18.4. The Morgan fingerprint density at radius 3 is 2.37 bits per heavy atom. The highest BCUT2D eigenvalue weighted by Gasteiger charge is 2.15. The first-order valence-electron chi connectivity index (χ1n) is 9.50. The fraction of sp³-hybridized carbons (Fsp3) is 0.273. The van der Waals surface area contributed by atoms with E-state index in [1.165, 1.54) is 11.8 Å². The number of methoxy groups -OCH3 is 1. The molecule has 0 amide bonds. The van der Waals surface area contributed by atoms with Gasteiger partial charge in [0.1, 0.15) is 23.9 Å². The first-order chi connectivity index (χ1) is 14.5. The van der Waals surface area contributed by atoms with Gasteiger partial charge in [0.25, 0.3) is 0 Å². The molecule has 1 unspecified atom stereocenters. The van der Waals surface area contributed by atoms with Gasteiger partial charge < -0.3 is 20.3 Å². The van der Waals surface area contributed by atoms with Gasteiger partial charge in [-0.1, -0.05) is 42.4 Å². The van der Waals surface area contributed by atoms with Crippen molar-refractivity contribution in [3.05, 3.63) is 59.2 Å². The Kier molecular flexibility index (Phi) is 7.79. The number of hydrogen-bond donors (Lipinski definition) is 2. The number of aryl methyl sites for hydroxylation is 1. The molecule has 30 heavy (non-hydrogen) atoms. The summed E-state index contributed by atoms with van der Waals surface area (Å²) >= 11 is 7.33.